The second-order valence-corrected chi connectivity index (χ2v) is 7.66. The quantitative estimate of drug-likeness (QED) is 0.800. The van der Waals surface area contributed by atoms with Crippen LogP contribution >= 0.6 is 0 Å². The van der Waals surface area contributed by atoms with E-state index in [4.69, 9.17) is 10.5 Å². The molecule has 0 aromatic rings. The van der Waals surface area contributed by atoms with Gasteiger partial charge in [0.2, 0.25) is 0 Å². The Labute approximate surface area is 106 Å². The van der Waals surface area contributed by atoms with E-state index in [0.717, 1.165) is 6.42 Å². The molecule has 2 N–H and O–H groups in total. The summed E-state index contributed by atoms with van der Waals surface area (Å²) in [7, 11) is 0. The molecule has 100 valence electrons. The molecular formula is C15H29NO. The van der Waals surface area contributed by atoms with Crippen molar-refractivity contribution in [2.24, 2.45) is 17.1 Å². The Morgan fingerprint density at radius 3 is 2.00 bits per heavy atom. The van der Waals surface area contributed by atoms with Crippen LogP contribution in [-0.2, 0) is 4.74 Å². The minimum Gasteiger partial charge on any atom is -0.369 e. The van der Waals surface area contributed by atoms with Crippen molar-refractivity contribution in [2.75, 3.05) is 0 Å². The normalized spacial score (nSPS) is 36.0. The summed E-state index contributed by atoms with van der Waals surface area (Å²) in [5.41, 5.74) is 6.89. The van der Waals surface area contributed by atoms with Gasteiger partial charge in [0.1, 0.15) is 0 Å². The maximum Gasteiger partial charge on any atom is 0.0677 e. The van der Waals surface area contributed by atoms with Gasteiger partial charge in [-0.25, -0.2) is 0 Å². The van der Waals surface area contributed by atoms with Gasteiger partial charge in [0.25, 0.3) is 0 Å². The summed E-state index contributed by atoms with van der Waals surface area (Å²) in [6.45, 7) is 11.2. The number of rotatable bonds is 2. The number of ether oxygens (including phenoxy) is 1. The molecule has 2 rings (SSSR count). The lowest BCUT2D eigenvalue weighted by Gasteiger charge is -2.40. The van der Waals surface area contributed by atoms with Gasteiger partial charge in [0, 0.05) is 12.0 Å². The maximum atomic E-state index is 6.64. The summed E-state index contributed by atoms with van der Waals surface area (Å²) in [6, 6.07) is 0.279. The van der Waals surface area contributed by atoms with E-state index in [1.165, 1.54) is 25.7 Å². The fourth-order valence-corrected chi connectivity index (χ4v) is 4.17. The molecule has 0 aromatic heterocycles. The Kier molecular flexibility index (Phi) is 3.11. The first-order valence-electron chi connectivity index (χ1n) is 7.12. The fourth-order valence-electron chi connectivity index (χ4n) is 4.17. The van der Waals surface area contributed by atoms with Crippen molar-refractivity contribution in [3.8, 4) is 0 Å². The summed E-state index contributed by atoms with van der Waals surface area (Å²) in [6.07, 6.45) is 6.38. The first-order chi connectivity index (χ1) is 7.66. The second kappa shape index (κ2) is 3.96. The Morgan fingerprint density at radius 2 is 1.59 bits per heavy atom. The first kappa shape index (κ1) is 13.4. The zero-order chi connectivity index (χ0) is 12.9. The van der Waals surface area contributed by atoms with Gasteiger partial charge in [0.15, 0.2) is 0 Å². The van der Waals surface area contributed by atoms with Gasteiger partial charge in [0.05, 0.1) is 11.2 Å². The van der Waals surface area contributed by atoms with Crippen molar-refractivity contribution >= 4 is 0 Å². The van der Waals surface area contributed by atoms with Gasteiger partial charge in [-0.3, -0.25) is 0 Å². The topological polar surface area (TPSA) is 35.2 Å². The third-order valence-electron chi connectivity index (χ3n) is 5.13. The predicted molar refractivity (Wildman–Crippen MR) is 71.9 cm³/mol. The summed E-state index contributed by atoms with van der Waals surface area (Å²) < 4.78 is 6.19. The number of hydrogen-bond acceptors (Lipinski definition) is 2. The zero-order valence-electron chi connectivity index (χ0n) is 12.2. The van der Waals surface area contributed by atoms with Crippen LogP contribution in [0.1, 0.15) is 66.7 Å². The average molecular weight is 239 g/mol. The molecule has 0 spiro atoms. The van der Waals surface area contributed by atoms with E-state index in [2.05, 4.69) is 34.6 Å². The molecule has 0 aromatic carbocycles. The van der Waals surface area contributed by atoms with Crippen molar-refractivity contribution in [1.82, 2.24) is 0 Å². The van der Waals surface area contributed by atoms with E-state index in [9.17, 15) is 0 Å². The predicted octanol–water partition coefficient (Wildman–Crippen LogP) is 3.49. The lowest BCUT2D eigenvalue weighted by molar-refractivity contribution is -0.0805. The van der Waals surface area contributed by atoms with Gasteiger partial charge in [-0.05, 0) is 52.4 Å². The van der Waals surface area contributed by atoms with E-state index in [1.807, 2.05) is 0 Å². The summed E-state index contributed by atoms with van der Waals surface area (Å²) in [5.74, 6) is 0.487. The third kappa shape index (κ3) is 2.39. The lowest BCUT2D eigenvalue weighted by atomic mass is 9.69. The standard InChI is InChI=1S/C15H29NO/c1-13(2)10-11(14(3,4)17-13)12(16)15(5)8-6-7-9-15/h11-12H,6-10,16H2,1-5H3. The van der Waals surface area contributed by atoms with Crippen LogP contribution in [0, 0.1) is 11.3 Å². The molecule has 1 saturated carbocycles. The molecular weight excluding hydrogens is 210 g/mol. The summed E-state index contributed by atoms with van der Waals surface area (Å²) in [4.78, 5) is 0. The molecule has 1 aliphatic heterocycles. The lowest BCUT2D eigenvalue weighted by Crippen LogP contribution is -2.49. The fraction of sp³-hybridized carbons (Fsp3) is 1.00. The molecule has 0 radical (unpaired) electrons. The van der Waals surface area contributed by atoms with Crippen LogP contribution in [0.3, 0.4) is 0 Å². The van der Waals surface area contributed by atoms with Crippen molar-refractivity contribution in [2.45, 2.75) is 84.0 Å². The maximum absolute atomic E-state index is 6.64. The highest BCUT2D eigenvalue weighted by molar-refractivity contribution is 5.04. The Morgan fingerprint density at radius 1 is 1.06 bits per heavy atom. The monoisotopic (exact) mass is 239 g/mol. The molecule has 1 heterocycles. The van der Waals surface area contributed by atoms with Crippen molar-refractivity contribution < 1.29 is 4.74 Å². The van der Waals surface area contributed by atoms with Crippen LogP contribution in [0.25, 0.3) is 0 Å². The smallest absolute Gasteiger partial charge is 0.0677 e. The SMILES string of the molecule is CC1(C)CC(C(N)C2(C)CCCC2)C(C)(C)O1. The largest absolute Gasteiger partial charge is 0.369 e. The molecule has 2 nitrogen and oxygen atoms in total. The molecule has 2 heteroatoms. The van der Waals surface area contributed by atoms with Gasteiger partial charge in [-0.2, -0.15) is 0 Å². The van der Waals surface area contributed by atoms with Crippen molar-refractivity contribution in [1.29, 1.82) is 0 Å². The molecule has 0 bridgehead atoms. The van der Waals surface area contributed by atoms with E-state index >= 15 is 0 Å². The zero-order valence-corrected chi connectivity index (χ0v) is 12.2. The first-order valence-corrected chi connectivity index (χ1v) is 7.12. The Hall–Kier alpha value is -0.0800. The molecule has 2 atom stereocenters. The van der Waals surface area contributed by atoms with Crippen molar-refractivity contribution in [3.05, 3.63) is 0 Å². The number of hydrogen-bond donors (Lipinski definition) is 1. The second-order valence-electron chi connectivity index (χ2n) is 7.66. The molecule has 17 heavy (non-hydrogen) atoms. The third-order valence-corrected chi connectivity index (χ3v) is 5.13. The van der Waals surface area contributed by atoms with Crippen LogP contribution in [0.4, 0.5) is 0 Å². The van der Waals surface area contributed by atoms with E-state index in [0.29, 0.717) is 11.3 Å². The van der Waals surface area contributed by atoms with Crippen LogP contribution in [0.5, 0.6) is 0 Å². The molecule has 2 fully saturated rings. The van der Waals surface area contributed by atoms with Gasteiger partial charge >= 0.3 is 0 Å². The van der Waals surface area contributed by atoms with Gasteiger partial charge in [-0.15, -0.1) is 0 Å². The van der Waals surface area contributed by atoms with Gasteiger partial charge in [-0.1, -0.05) is 19.8 Å². The highest BCUT2D eigenvalue weighted by atomic mass is 16.5. The molecule has 1 saturated heterocycles. The molecule has 1 aliphatic carbocycles. The molecule has 2 aliphatic rings. The van der Waals surface area contributed by atoms with E-state index in [1.54, 1.807) is 0 Å². The number of nitrogens with two attached hydrogens (primary N) is 1. The highest BCUT2D eigenvalue weighted by Crippen LogP contribution is 2.50. The molecule has 2 unspecified atom stereocenters. The van der Waals surface area contributed by atoms with Crippen LogP contribution in [0.15, 0.2) is 0 Å². The van der Waals surface area contributed by atoms with Gasteiger partial charge < -0.3 is 10.5 Å². The summed E-state index contributed by atoms with van der Waals surface area (Å²) >= 11 is 0. The Balaban J connectivity index is 2.17. The summed E-state index contributed by atoms with van der Waals surface area (Å²) in [5, 5.41) is 0. The van der Waals surface area contributed by atoms with Crippen molar-refractivity contribution in [3.63, 3.8) is 0 Å². The van der Waals surface area contributed by atoms with Crippen LogP contribution in [-0.4, -0.2) is 17.2 Å². The molecule has 0 amide bonds. The van der Waals surface area contributed by atoms with Crippen LogP contribution in [0.2, 0.25) is 0 Å². The Bertz CT molecular complexity index is 289. The minimum atomic E-state index is -0.0749. The highest BCUT2D eigenvalue weighted by Gasteiger charge is 2.52. The van der Waals surface area contributed by atoms with E-state index in [-0.39, 0.29) is 17.2 Å². The van der Waals surface area contributed by atoms with E-state index < -0.39 is 0 Å². The average Bonchev–Trinajstić information content (AvgIpc) is 2.67. The minimum absolute atomic E-state index is 0.0131. The van der Waals surface area contributed by atoms with Crippen LogP contribution < -0.4 is 5.73 Å².